The van der Waals surface area contributed by atoms with Crippen LogP contribution in [-0.4, -0.2) is 56.7 Å². The standard InChI is InChI=1S/C24H29N3O2/c28-24(21-18-20-8-4-5-11-23(20)29-19-21)25-12-6-7-13-26-14-16-27(17-15-26)22-9-2-1-3-10-22/h1-5,8-11,18H,6-7,12-17,19H2,(H,25,28). The van der Waals surface area contributed by atoms with E-state index in [0.717, 1.165) is 56.9 Å². The van der Waals surface area contributed by atoms with Crippen LogP contribution in [0.4, 0.5) is 5.69 Å². The van der Waals surface area contributed by atoms with Crippen molar-refractivity contribution in [2.45, 2.75) is 12.8 Å². The van der Waals surface area contributed by atoms with E-state index in [0.29, 0.717) is 18.7 Å². The lowest BCUT2D eigenvalue weighted by atomic mass is 10.1. The van der Waals surface area contributed by atoms with Gasteiger partial charge in [0, 0.05) is 44.0 Å². The van der Waals surface area contributed by atoms with Crippen LogP contribution >= 0.6 is 0 Å². The molecule has 0 atom stereocenters. The Morgan fingerprint density at radius 2 is 1.69 bits per heavy atom. The quantitative estimate of drug-likeness (QED) is 0.737. The highest BCUT2D eigenvalue weighted by atomic mass is 16.5. The van der Waals surface area contributed by atoms with Gasteiger partial charge in [-0.05, 0) is 43.7 Å². The lowest BCUT2D eigenvalue weighted by Gasteiger charge is -2.36. The summed E-state index contributed by atoms with van der Waals surface area (Å²) in [5.41, 5.74) is 2.98. The molecule has 0 bridgehead atoms. The van der Waals surface area contributed by atoms with Gasteiger partial charge in [0.2, 0.25) is 0 Å². The molecule has 1 amide bonds. The minimum atomic E-state index is -0.0176. The largest absolute Gasteiger partial charge is 0.488 e. The Hall–Kier alpha value is -2.79. The van der Waals surface area contributed by atoms with Crippen LogP contribution in [0.3, 0.4) is 0 Å². The van der Waals surface area contributed by atoms with Crippen LogP contribution in [0, 0.1) is 0 Å². The van der Waals surface area contributed by atoms with E-state index in [1.807, 2.05) is 30.3 Å². The molecular formula is C24H29N3O2. The third-order valence-corrected chi connectivity index (χ3v) is 5.60. The van der Waals surface area contributed by atoms with Gasteiger partial charge in [-0.1, -0.05) is 36.4 Å². The predicted octanol–water partition coefficient (Wildman–Crippen LogP) is 3.18. The fraction of sp³-hybridized carbons (Fsp3) is 0.375. The molecule has 0 aromatic heterocycles. The van der Waals surface area contributed by atoms with Crippen LogP contribution in [0.25, 0.3) is 6.08 Å². The lowest BCUT2D eigenvalue weighted by molar-refractivity contribution is -0.117. The van der Waals surface area contributed by atoms with Crippen LogP contribution in [0.15, 0.2) is 60.2 Å². The first-order chi connectivity index (χ1) is 14.3. The van der Waals surface area contributed by atoms with E-state index in [1.165, 1.54) is 5.69 Å². The Balaban J connectivity index is 1.12. The van der Waals surface area contributed by atoms with Crippen LogP contribution in [0.2, 0.25) is 0 Å². The third-order valence-electron chi connectivity index (χ3n) is 5.60. The number of rotatable bonds is 7. The number of fused-ring (bicyclic) bond motifs is 1. The van der Waals surface area contributed by atoms with Gasteiger partial charge in [0.1, 0.15) is 12.4 Å². The first kappa shape index (κ1) is 19.5. The number of carbonyl (C=O) groups is 1. The molecule has 29 heavy (non-hydrogen) atoms. The average Bonchev–Trinajstić information content (AvgIpc) is 2.79. The van der Waals surface area contributed by atoms with Gasteiger partial charge < -0.3 is 15.0 Å². The maximum atomic E-state index is 12.4. The van der Waals surface area contributed by atoms with Gasteiger partial charge in [0.25, 0.3) is 5.91 Å². The molecular weight excluding hydrogens is 362 g/mol. The van der Waals surface area contributed by atoms with Crippen molar-refractivity contribution in [1.82, 2.24) is 10.2 Å². The van der Waals surface area contributed by atoms with E-state index in [-0.39, 0.29) is 5.91 Å². The SMILES string of the molecule is O=C(NCCCCN1CCN(c2ccccc2)CC1)C1=Cc2ccccc2OC1. The zero-order valence-corrected chi connectivity index (χ0v) is 16.8. The second-order valence-electron chi connectivity index (χ2n) is 7.62. The number of nitrogens with one attached hydrogen (secondary N) is 1. The number of piperazine rings is 1. The zero-order chi connectivity index (χ0) is 19.9. The molecule has 2 aliphatic rings. The molecule has 1 N–H and O–H groups in total. The summed E-state index contributed by atoms with van der Waals surface area (Å²) in [5, 5.41) is 3.04. The number of benzene rings is 2. The first-order valence-electron chi connectivity index (χ1n) is 10.5. The van der Waals surface area contributed by atoms with Gasteiger partial charge in [0.15, 0.2) is 0 Å². The highest BCUT2D eigenvalue weighted by Crippen LogP contribution is 2.25. The molecule has 0 radical (unpaired) electrons. The fourth-order valence-corrected chi connectivity index (χ4v) is 3.89. The van der Waals surface area contributed by atoms with Crippen molar-refractivity contribution < 1.29 is 9.53 Å². The monoisotopic (exact) mass is 391 g/mol. The van der Waals surface area contributed by atoms with E-state index in [4.69, 9.17) is 4.74 Å². The van der Waals surface area contributed by atoms with E-state index in [2.05, 4.69) is 45.4 Å². The fourth-order valence-electron chi connectivity index (χ4n) is 3.89. The zero-order valence-electron chi connectivity index (χ0n) is 16.8. The predicted molar refractivity (Wildman–Crippen MR) is 117 cm³/mol. The summed E-state index contributed by atoms with van der Waals surface area (Å²) >= 11 is 0. The number of amides is 1. The van der Waals surface area contributed by atoms with Gasteiger partial charge in [-0.2, -0.15) is 0 Å². The summed E-state index contributed by atoms with van der Waals surface area (Å²) < 4.78 is 5.66. The molecule has 2 heterocycles. The van der Waals surface area contributed by atoms with E-state index >= 15 is 0 Å². The highest BCUT2D eigenvalue weighted by molar-refractivity contribution is 5.99. The Bertz CT molecular complexity index is 842. The Morgan fingerprint density at radius 3 is 2.52 bits per heavy atom. The van der Waals surface area contributed by atoms with Crippen LogP contribution < -0.4 is 15.0 Å². The van der Waals surface area contributed by atoms with Gasteiger partial charge in [-0.15, -0.1) is 0 Å². The summed E-state index contributed by atoms with van der Waals surface area (Å²) in [5.74, 6) is 0.826. The molecule has 4 rings (SSSR count). The number of ether oxygens (including phenoxy) is 1. The molecule has 2 aromatic rings. The number of anilines is 1. The van der Waals surface area contributed by atoms with Crippen molar-refractivity contribution in [1.29, 1.82) is 0 Å². The number of carbonyl (C=O) groups excluding carboxylic acids is 1. The van der Waals surface area contributed by atoms with Crippen molar-refractivity contribution in [3.63, 3.8) is 0 Å². The molecule has 0 saturated carbocycles. The Labute approximate surface area is 173 Å². The second-order valence-corrected chi connectivity index (χ2v) is 7.62. The molecule has 5 nitrogen and oxygen atoms in total. The van der Waals surface area contributed by atoms with Crippen molar-refractivity contribution in [2.24, 2.45) is 0 Å². The van der Waals surface area contributed by atoms with E-state index in [1.54, 1.807) is 0 Å². The van der Waals surface area contributed by atoms with Gasteiger partial charge in [-0.25, -0.2) is 0 Å². The normalized spacial score (nSPS) is 16.6. The van der Waals surface area contributed by atoms with Crippen molar-refractivity contribution >= 4 is 17.7 Å². The summed E-state index contributed by atoms with van der Waals surface area (Å²) in [6, 6.07) is 18.4. The number of nitrogens with zero attached hydrogens (tertiary/aromatic N) is 2. The molecule has 5 heteroatoms. The first-order valence-corrected chi connectivity index (χ1v) is 10.5. The number of hydrogen-bond acceptors (Lipinski definition) is 4. The molecule has 0 spiro atoms. The average molecular weight is 392 g/mol. The summed E-state index contributed by atoms with van der Waals surface area (Å²) in [6.45, 7) is 6.51. The van der Waals surface area contributed by atoms with E-state index in [9.17, 15) is 4.79 Å². The molecule has 1 fully saturated rings. The topological polar surface area (TPSA) is 44.8 Å². The molecule has 0 unspecified atom stereocenters. The van der Waals surface area contributed by atoms with Gasteiger partial charge >= 0.3 is 0 Å². The number of hydrogen-bond donors (Lipinski definition) is 1. The molecule has 152 valence electrons. The maximum absolute atomic E-state index is 12.4. The van der Waals surface area contributed by atoms with Gasteiger partial charge in [-0.3, -0.25) is 9.69 Å². The molecule has 0 aliphatic carbocycles. The van der Waals surface area contributed by atoms with E-state index < -0.39 is 0 Å². The Morgan fingerprint density at radius 1 is 0.931 bits per heavy atom. The summed E-state index contributed by atoms with van der Waals surface area (Å²) in [6.07, 6.45) is 4.03. The summed E-state index contributed by atoms with van der Waals surface area (Å²) in [4.78, 5) is 17.3. The smallest absolute Gasteiger partial charge is 0.250 e. The molecule has 2 aromatic carbocycles. The summed E-state index contributed by atoms with van der Waals surface area (Å²) in [7, 11) is 0. The number of para-hydroxylation sites is 2. The van der Waals surface area contributed by atoms with Crippen molar-refractivity contribution in [3.05, 3.63) is 65.7 Å². The van der Waals surface area contributed by atoms with Crippen molar-refractivity contribution in [2.75, 3.05) is 50.8 Å². The van der Waals surface area contributed by atoms with Crippen LogP contribution in [-0.2, 0) is 4.79 Å². The molecule has 1 saturated heterocycles. The molecule has 2 aliphatic heterocycles. The maximum Gasteiger partial charge on any atom is 0.250 e. The van der Waals surface area contributed by atoms with Crippen molar-refractivity contribution in [3.8, 4) is 5.75 Å². The lowest BCUT2D eigenvalue weighted by Crippen LogP contribution is -2.46. The third kappa shape index (κ3) is 5.18. The minimum absolute atomic E-state index is 0.0176. The number of unbranched alkanes of at least 4 members (excludes halogenated alkanes) is 1. The highest BCUT2D eigenvalue weighted by Gasteiger charge is 2.18. The minimum Gasteiger partial charge on any atom is -0.488 e. The van der Waals surface area contributed by atoms with Crippen LogP contribution in [0.5, 0.6) is 5.75 Å². The Kier molecular flexibility index (Phi) is 6.47. The van der Waals surface area contributed by atoms with Gasteiger partial charge in [0.05, 0.1) is 5.57 Å². The second kappa shape index (κ2) is 9.61. The van der Waals surface area contributed by atoms with Crippen LogP contribution in [0.1, 0.15) is 18.4 Å².